The molecule has 0 aliphatic heterocycles. The lowest BCUT2D eigenvalue weighted by Crippen LogP contribution is -2.03. The number of hydrogen-bond donors (Lipinski definition) is 1. The average Bonchev–Trinajstić information content (AvgIpc) is 2.75. The lowest BCUT2D eigenvalue weighted by molar-refractivity contribution is 0.276. The van der Waals surface area contributed by atoms with Crippen molar-refractivity contribution in [2.75, 3.05) is 0 Å². The number of furan rings is 1. The minimum atomic E-state index is 0.227. The van der Waals surface area contributed by atoms with Crippen molar-refractivity contribution in [1.82, 2.24) is 0 Å². The maximum atomic E-state index is 9.03. The molecule has 0 aliphatic carbocycles. The average molecular weight is 285 g/mol. The minimum absolute atomic E-state index is 0.227. The van der Waals surface area contributed by atoms with Crippen LogP contribution in [-0.4, -0.2) is 5.21 Å². The zero-order chi connectivity index (χ0) is 15.1. The Labute approximate surface area is 122 Å². The second-order valence-corrected chi connectivity index (χ2v) is 5.51. The molecular formula is C17H19NO3. The summed E-state index contributed by atoms with van der Waals surface area (Å²) in [6, 6.07) is 3.78. The molecule has 0 amide bonds. The van der Waals surface area contributed by atoms with Crippen LogP contribution in [0.25, 0.3) is 21.9 Å². The Morgan fingerprint density at radius 1 is 1.10 bits per heavy atom. The molecule has 0 spiro atoms. The Morgan fingerprint density at radius 2 is 1.86 bits per heavy atom. The van der Waals surface area contributed by atoms with Gasteiger partial charge in [-0.05, 0) is 55.1 Å². The number of fused-ring (bicyclic) bond motifs is 3. The molecule has 1 aromatic carbocycles. The summed E-state index contributed by atoms with van der Waals surface area (Å²) in [5.74, 6) is 0.930. The Bertz CT molecular complexity index is 900. The van der Waals surface area contributed by atoms with Crippen molar-refractivity contribution in [2.24, 2.45) is 5.16 Å². The molecule has 3 aromatic rings. The van der Waals surface area contributed by atoms with Crippen LogP contribution in [-0.2, 0) is 6.42 Å². The zero-order valence-corrected chi connectivity index (χ0v) is 12.8. The van der Waals surface area contributed by atoms with E-state index in [9.17, 15) is 0 Å². The Morgan fingerprint density at radius 3 is 2.52 bits per heavy atom. The van der Waals surface area contributed by atoms with Crippen LogP contribution in [0.5, 0.6) is 0 Å². The smallest absolute Gasteiger partial charge is 0.255 e. The maximum absolute atomic E-state index is 9.03. The largest absolute Gasteiger partial charge is 0.460 e. The standard InChI is InChI=1S/C17H19NO3/c1-5-6-12-8-14(18-19)21-13-7-9(2)15-10(3)11(4)20-17(15)16(12)13/h7-8,19H,5-6H2,1-4H3/b18-14-. The van der Waals surface area contributed by atoms with Crippen LogP contribution in [0.1, 0.15) is 35.8 Å². The molecule has 0 saturated heterocycles. The van der Waals surface area contributed by atoms with E-state index >= 15 is 0 Å². The van der Waals surface area contributed by atoms with Crippen molar-refractivity contribution in [3.8, 4) is 0 Å². The molecule has 0 bridgehead atoms. The number of nitrogens with zero attached hydrogens (tertiary/aromatic N) is 1. The van der Waals surface area contributed by atoms with Crippen LogP contribution in [0, 0.1) is 20.8 Å². The minimum Gasteiger partial charge on any atom is -0.460 e. The first-order valence-electron chi connectivity index (χ1n) is 7.21. The van der Waals surface area contributed by atoms with Gasteiger partial charge in [0, 0.05) is 11.5 Å². The van der Waals surface area contributed by atoms with E-state index in [1.54, 1.807) is 6.07 Å². The molecule has 0 unspecified atom stereocenters. The van der Waals surface area contributed by atoms with Gasteiger partial charge in [0.25, 0.3) is 5.55 Å². The van der Waals surface area contributed by atoms with Crippen LogP contribution in [0.2, 0.25) is 0 Å². The van der Waals surface area contributed by atoms with Gasteiger partial charge in [0.15, 0.2) is 0 Å². The van der Waals surface area contributed by atoms with Crippen molar-refractivity contribution in [2.45, 2.75) is 40.5 Å². The van der Waals surface area contributed by atoms with Crippen LogP contribution in [0.3, 0.4) is 0 Å². The predicted octanol–water partition coefficient (Wildman–Crippen LogP) is 4.35. The molecule has 1 N–H and O–H groups in total. The van der Waals surface area contributed by atoms with Crippen LogP contribution in [0.15, 0.2) is 26.1 Å². The fourth-order valence-corrected chi connectivity index (χ4v) is 2.99. The van der Waals surface area contributed by atoms with Gasteiger partial charge in [0.2, 0.25) is 0 Å². The van der Waals surface area contributed by atoms with Crippen LogP contribution < -0.4 is 5.55 Å². The van der Waals surface area contributed by atoms with Crippen LogP contribution >= 0.6 is 0 Å². The third-order valence-corrected chi connectivity index (χ3v) is 4.05. The number of hydrogen-bond acceptors (Lipinski definition) is 4. The summed E-state index contributed by atoms with van der Waals surface area (Å²) in [6.45, 7) is 8.22. The van der Waals surface area contributed by atoms with Gasteiger partial charge in [0.05, 0.1) is 5.39 Å². The summed E-state index contributed by atoms with van der Waals surface area (Å²) in [4.78, 5) is 0. The molecule has 3 rings (SSSR count). The molecule has 0 fully saturated rings. The van der Waals surface area contributed by atoms with Gasteiger partial charge in [-0.1, -0.05) is 13.3 Å². The van der Waals surface area contributed by atoms with Gasteiger partial charge in [0.1, 0.15) is 16.9 Å². The third-order valence-electron chi connectivity index (χ3n) is 4.05. The molecule has 0 radical (unpaired) electrons. The van der Waals surface area contributed by atoms with Crippen molar-refractivity contribution in [1.29, 1.82) is 0 Å². The predicted molar refractivity (Wildman–Crippen MR) is 81.5 cm³/mol. The van der Waals surface area contributed by atoms with Crippen molar-refractivity contribution < 1.29 is 14.0 Å². The second-order valence-electron chi connectivity index (χ2n) is 5.51. The monoisotopic (exact) mass is 285 g/mol. The second kappa shape index (κ2) is 4.95. The first kappa shape index (κ1) is 13.7. The molecule has 4 nitrogen and oxygen atoms in total. The molecule has 2 aromatic heterocycles. The van der Waals surface area contributed by atoms with Gasteiger partial charge >= 0.3 is 0 Å². The van der Waals surface area contributed by atoms with E-state index in [1.165, 1.54) is 5.56 Å². The van der Waals surface area contributed by atoms with Gasteiger partial charge in [-0.3, -0.25) is 0 Å². The highest BCUT2D eigenvalue weighted by molar-refractivity contribution is 6.06. The highest BCUT2D eigenvalue weighted by atomic mass is 16.5. The molecular weight excluding hydrogens is 266 g/mol. The zero-order valence-electron chi connectivity index (χ0n) is 12.8. The molecule has 4 heteroatoms. The molecule has 0 aliphatic rings. The van der Waals surface area contributed by atoms with E-state index in [0.29, 0.717) is 5.58 Å². The molecule has 0 atom stereocenters. The Hall–Kier alpha value is -2.23. The van der Waals surface area contributed by atoms with E-state index in [1.807, 2.05) is 19.9 Å². The quantitative estimate of drug-likeness (QED) is 0.562. The summed E-state index contributed by atoms with van der Waals surface area (Å²) >= 11 is 0. The lowest BCUT2D eigenvalue weighted by atomic mass is 9.99. The number of benzene rings is 1. The summed E-state index contributed by atoms with van der Waals surface area (Å²) < 4.78 is 11.7. The van der Waals surface area contributed by atoms with E-state index < -0.39 is 0 Å². The lowest BCUT2D eigenvalue weighted by Gasteiger charge is -2.07. The summed E-state index contributed by atoms with van der Waals surface area (Å²) in [5, 5.41) is 14.4. The van der Waals surface area contributed by atoms with Crippen LogP contribution in [0.4, 0.5) is 0 Å². The van der Waals surface area contributed by atoms with Gasteiger partial charge < -0.3 is 14.0 Å². The summed E-state index contributed by atoms with van der Waals surface area (Å²) in [5.41, 5.74) is 5.16. The first-order valence-corrected chi connectivity index (χ1v) is 7.21. The van der Waals surface area contributed by atoms with Crippen molar-refractivity contribution in [3.63, 3.8) is 0 Å². The number of rotatable bonds is 2. The Kier molecular flexibility index (Phi) is 3.24. The molecule has 0 saturated carbocycles. The van der Waals surface area contributed by atoms with E-state index in [-0.39, 0.29) is 5.55 Å². The summed E-state index contributed by atoms with van der Waals surface area (Å²) in [6.07, 6.45) is 1.88. The maximum Gasteiger partial charge on any atom is 0.255 e. The summed E-state index contributed by atoms with van der Waals surface area (Å²) in [7, 11) is 0. The SMILES string of the molecule is CCCc1c/c(=N/O)oc2cc(C)c3c(C)c(C)oc3c12. The molecule has 110 valence electrons. The fourth-order valence-electron chi connectivity index (χ4n) is 2.99. The highest BCUT2D eigenvalue weighted by Crippen LogP contribution is 2.35. The fraction of sp³-hybridized carbons (Fsp3) is 0.353. The van der Waals surface area contributed by atoms with Gasteiger partial charge in [-0.25, -0.2) is 0 Å². The van der Waals surface area contributed by atoms with Crippen molar-refractivity contribution >= 4 is 21.9 Å². The highest BCUT2D eigenvalue weighted by Gasteiger charge is 2.17. The van der Waals surface area contributed by atoms with Gasteiger partial charge in [-0.15, -0.1) is 0 Å². The first-order chi connectivity index (χ1) is 10.1. The molecule has 21 heavy (non-hydrogen) atoms. The Balaban J connectivity index is 2.57. The normalized spacial score (nSPS) is 12.7. The molecule has 2 heterocycles. The number of aryl methyl sites for hydroxylation is 4. The topological polar surface area (TPSA) is 58.9 Å². The van der Waals surface area contributed by atoms with Gasteiger partial charge in [-0.2, -0.15) is 0 Å². The van der Waals surface area contributed by atoms with E-state index in [4.69, 9.17) is 14.0 Å². The van der Waals surface area contributed by atoms with Crippen molar-refractivity contribution in [3.05, 3.63) is 40.1 Å². The third kappa shape index (κ3) is 2.02. The van der Waals surface area contributed by atoms with E-state index in [0.717, 1.165) is 46.1 Å². The van der Waals surface area contributed by atoms with E-state index in [2.05, 4.69) is 19.0 Å².